The molecule has 1 aromatic carbocycles. The van der Waals surface area contributed by atoms with Crippen molar-refractivity contribution in [3.05, 3.63) is 29.8 Å². The summed E-state index contributed by atoms with van der Waals surface area (Å²) in [5.41, 5.74) is -0.0126. The molecule has 0 saturated carbocycles. The molecular formula is C14H21NO4. The van der Waals surface area contributed by atoms with Gasteiger partial charge in [0.25, 0.3) is 0 Å². The number of phenolic OH excluding ortho intramolecular Hbond substituents is 1. The maximum absolute atomic E-state index is 11.7. The van der Waals surface area contributed by atoms with E-state index in [4.69, 9.17) is 4.74 Å². The van der Waals surface area contributed by atoms with Crippen LogP contribution in [-0.4, -0.2) is 41.0 Å². The molecular weight excluding hydrogens is 246 g/mol. The summed E-state index contributed by atoms with van der Waals surface area (Å²) >= 11 is 0. The summed E-state index contributed by atoms with van der Waals surface area (Å²) in [6.07, 6.45) is -0.783. The second-order valence-electron chi connectivity index (χ2n) is 5.40. The first kappa shape index (κ1) is 15.5. The molecule has 0 aliphatic heterocycles. The third-order valence-electron chi connectivity index (χ3n) is 2.40. The molecule has 0 radical (unpaired) electrons. The second-order valence-corrected chi connectivity index (χ2v) is 5.40. The maximum Gasteiger partial charge on any atom is 0.342 e. The number of carbonyl (C=O) groups is 1. The van der Waals surface area contributed by atoms with E-state index in [2.05, 4.69) is 5.32 Å². The summed E-state index contributed by atoms with van der Waals surface area (Å²) in [5, 5.41) is 22.3. The SMILES string of the molecule is CC(C)(C)NC[C@@H](O)COC(=O)c1ccccc1O. The number of benzene rings is 1. The molecule has 0 amide bonds. The van der Waals surface area contributed by atoms with Crippen LogP contribution in [0.3, 0.4) is 0 Å². The highest BCUT2D eigenvalue weighted by Crippen LogP contribution is 2.16. The Bertz CT molecular complexity index is 426. The largest absolute Gasteiger partial charge is 0.507 e. The van der Waals surface area contributed by atoms with E-state index in [1.165, 1.54) is 12.1 Å². The Morgan fingerprint density at radius 2 is 2.00 bits per heavy atom. The van der Waals surface area contributed by atoms with Crippen molar-refractivity contribution in [2.45, 2.75) is 32.4 Å². The third kappa shape index (κ3) is 5.72. The monoisotopic (exact) mass is 267 g/mol. The van der Waals surface area contributed by atoms with Gasteiger partial charge in [0.15, 0.2) is 0 Å². The molecule has 5 heteroatoms. The molecule has 0 aliphatic carbocycles. The lowest BCUT2D eigenvalue weighted by Gasteiger charge is -2.22. The predicted octanol–water partition coefficient (Wildman–Crippen LogP) is 1.30. The fourth-order valence-corrected chi connectivity index (χ4v) is 1.38. The second kappa shape index (κ2) is 6.54. The number of esters is 1. The van der Waals surface area contributed by atoms with Crippen molar-refractivity contribution in [1.82, 2.24) is 5.32 Å². The van der Waals surface area contributed by atoms with Crippen molar-refractivity contribution in [3.63, 3.8) is 0 Å². The highest BCUT2D eigenvalue weighted by molar-refractivity contribution is 5.92. The predicted molar refractivity (Wildman–Crippen MR) is 72.2 cm³/mol. The van der Waals surface area contributed by atoms with Crippen LogP contribution in [-0.2, 0) is 4.74 Å². The molecule has 0 aromatic heterocycles. The lowest BCUT2D eigenvalue weighted by atomic mass is 10.1. The van der Waals surface area contributed by atoms with Crippen LogP contribution in [0.1, 0.15) is 31.1 Å². The fraction of sp³-hybridized carbons (Fsp3) is 0.500. The Hall–Kier alpha value is -1.59. The molecule has 0 saturated heterocycles. The topological polar surface area (TPSA) is 78.8 Å². The van der Waals surface area contributed by atoms with Crippen LogP contribution in [0.25, 0.3) is 0 Å². The van der Waals surface area contributed by atoms with Crippen molar-refractivity contribution in [3.8, 4) is 5.75 Å². The quantitative estimate of drug-likeness (QED) is 0.701. The molecule has 1 aromatic rings. The van der Waals surface area contributed by atoms with Gasteiger partial charge in [0.2, 0.25) is 0 Å². The molecule has 0 bridgehead atoms. The van der Waals surface area contributed by atoms with Crippen molar-refractivity contribution in [2.24, 2.45) is 0 Å². The van der Waals surface area contributed by atoms with Crippen LogP contribution in [0.2, 0.25) is 0 Å². The van der Waals surface area contributed by atoms with Crippen molar-refractivity contribution >= 4 is 5.97 Å². The molecule has 3 N–H and O–H groups in total. The third-order valence-corrected chi connectivity index (χ3v) is 2.40. The molecule has 1 rings (SSSR count). The highest BCUT2D eigenvalue weighted by atomic mass is 16.5. The van der Waals surface area contributed by atoms with Crippen LogP contribution < -0.4 is 5.32 Å². The van der Waals surface area contributed by atoms with Crippen molar-refractivity contribution < 1.29 is 19.7 Å². The lowest BCUT2D eigenvalue weighted by molar-refractivity contribution is 0.0245. The Kier molecular flexibility index (Phi) is 5.32. The number of aliphatic hydroxyl groups excluding tert-OH is 1. The van der Waals surface area contributed by atoms with E-state index < -0.39 is 12.1 Å². The van der Waals surface area contributed by atoms with Gasteiger partial charge in [0, 0.05) is 12.1 Å². The molecule has 0 fully saturated rings. The zero-order valence-corrected chi connectivity index (χ0v) is 11.5. The van der Waals surface area contributed by atoms with Crippen molar-refractivity contribution in [1.29, 1.82) is 0 Å². The van der Waals surface area contributed by atoms with E-state index >= 15 is 0 Å². The van der Waals surface area contributed by atoms with Gasteiger partial charge in [-0.2, -0.15) is 0 Å². The van der Waals surface area contributed by atoms with E-state index in [1.807, 2.05) is 20.8 Å². The number of nitrogens with one attached hydrogen (secondary N) is 1. The number of phenols is 1. The van der Waals surface area contributed by atoms with Gasteiger partial charge in [-0.05, 0) is 32.9 Å². The number of rotatable bonds is 5. The maximum atomic E-state index is 11.7. The molecule has 0 heterocycles. The lowest BCUT2D eigenvalue weighted by Crippen LogP contribution is -2.42. The Morgan fingerprint density at radius 3 is 2.58 bits per heavy atom. The average Bonchev–Trinajstić information content (AvgIpc) is 2.33. The van der Waals surface area contributed by atoms with E-state index in [-0.39, 0.29) is 23.5 Å². The fourth-order valence-electron chi connectivity index (χ4n) is 1.38. The van der Waals surface area contributed by atoms with E-state index in [1.54, 1.807) is 12.1 Å². The molecule has 106 valence electrons. The van der Waals surface area contributed by atoms with Gasteiger partial charge in [-0.3, -0.25) is 0 Å². The standard InChI is InChI=1S/C14H21NO4/c1-14(2,3)15-8-10(16)9-19-13(18)11-6-4-5-7-12(11)17/h4-7,10,15-17H,8-9H2,1-3H3/t10-/m1/s1. The number of hydrogen-bond donors (Lipinski definition) is 3. The minimum atomic E-state index is -0.783. The number of aromatic hydroxyl groups is 1. The highest BCUT2D eigenvalue weighted by Gasteiger charge is 2.16. The van der Waals surface area contributed by atoms with Crippen molar-refractivity contribution in [2.75, 3.05) is 13.2 Å². The van der Waals surface area contributed by atoms with Gasteiger partial charge in [0.1, 0.15) is 24.0 Å². The molecule has 0 spiro atoms. The number of aliphatic hydroxyl groups is 1. The number of carbonyl (C=O) groups excluding carboxylic acids is 1. The van der Waals surface area contributed by atoms with Gasteiger partial charge < -0.3 is 20.3 Å². The molecule has 0 aliphatic rings. The zero-order chi connectivity index (χ0) is 14.5. The number of ether oxygens (including phenoxy) is 1. The average molecular weight is 267 g/mol. The molecule has 5 nitrogen and oxygen atoms in total. The molecule has 1 atom stereocenters. The van der Waals surface area contributed by atoms with Gasteiger partial charge in [0.05, 0.1) is 0 Å². The van der Waals surface area contributed by atoms with Gasteiger partial charge in [-0.1, -0.05) is 12.1 Å². The Labute approximate surface area is 113 Å². The zero-order valence-electron chi connectivity index (χ0n) is 11.5. The minimum Gasteiger partial charge on any atom is -0.507 e. The first-order valence-corrected chi connectivity index (χ1v) is 6.18. The first-order chi connectivity index (χ1) is 8.79. The van der Waals surface area contributed by atoms with Gasteiger partial charge in [-0.15, -0.1) is 0 Å². The van der Waals surface area contributed by atoms with Gasteiger partial charge in [-0.25, -0.2) is 4.79 Å². The summed E-state index contributed by atoms with van der Waals surface area (Å²) in [6, 6.07) is 6.13. The van der Waals surface area contributed by atoms with Crippen LogP contribution in [0, 0.1) is 0 Å². The summed E-state index contributed by atoms with van der Waals surface area (Å²) in [4.78, 5) is 11.7. The van der Waals surface area contributed by atoms with Crippen LogP contribution in [0.4, 0.5) is 0 Å². The number of β-amino-alcohol motifs (C(OH)–C–C–N with tert-alkyl or cyclic N) is 1. The van der Waals surface area contributed by atoms with E-state index in [0.29, 0.717) is 6.54 Å². The van der Waals surface area contributed by atoms with Crippen LogP contribution >= 0.6 is 0 Å². The van der Waals surface area contributed by atoms with E-state index in [0.717, 1.165) is 0 Å². The summed E-state index contributed by atoms with van der Waals surface area (Å²) in [6.45, 7) is 6.16. The normalized spacial score (nSPS) is 13.1. The van der Waals surface area contributed by atoms with Crippen LogP contribution in [0.15, 0.2) is 24.3 Å². The number of hydrogen-bond acceptors (Lipinski definition) is 5. The first-order valence-electron chi connectivity index (χ1n) is 6.18. The summed E-state index contributed by atoms with van der Waals surface area (Å²) in [5.74, 6) is -0.775. The summed E-state index contributed by atoms with van der Waals surface area (Å²) in [7, 11) is 0. The smallest absolute Gasteiger partial charge is 0.342 e. The molecule has 19 heavy (non-hydrogen) atoms. The Balaban J connectivity index is 2.41. The Morgan fingerprint density at radius 1 is 1.37 bits per heavy atom. The van der Waals surface area contributed by atoms with E-state index in [9.17, 15) is 15.0 Å². The molecule has 0 unspecified atom stereocenters. The van der Waals surface area contributed by atoms with Gasteiger partial charge >= 0.3 is 5.97 Å². The number of para-hydroxylation sites is 1. The summed E-state index contributed by atoms with van der Waals surface area (Å²) < 4.78 is 4.95. The van der Waals surface area contributed by atoms with Crippen LogP contribution in [0.5, 0.6) is 5.75 Å². The minimum absolute atomic E-state index is 0.0958.